The third kappa shape index (κ3) is 4.54. The molecule has 3 aromatic rings. The zero-order valence-electron chi connectivity index (χ0n) is 19.3. The molecule has 0 atom stereocenters. The van der Waals surface area contributed by atoms with Gasteiger partial charge >= 0.3 is 0 Å². The highest BCUT2D eigenvalue weighted by Gasteiger charge is 2.28. The molecule has 2 aromatic carbocycles. The van der Waals surface area contributed by atoms with E-state index in [9.17, 15) is 9.59 Å². The summed E-state index contributed by atoms with van der Waals surface area (Å²) in [6, 6.07) is 13.5. The molecule has 1 aliphatic rings. The van der Waals surface area contributed by atoms with Gasteiger partial charge in [0.05, 0.1) is 5.39 Å². The highest BCUT2D eigenvalue weighted by molar-refractivity contribution is 6.04. The lowest BCUT2D eigenvalue weighted by Crippen LogP contribution is -2.43. The van der Waals surface area contributed by atoms with Gasteiger partial charge in [-0.1, -0.05) is 44.2 Å². The van der Waals surface area contributed by atoms with E-state index in [1.54, 1.807) is 6.07 Å². The van der Waals surface area contributed by atoms with Gasteiger partial charge in [-0.3, -0.25) is 9.59 Å². The van der Waals surface area contributed by atoms with Crippen molar-refractivity contribution in [3.8, 4) is 5.75 Å². The summed E-state index contributed by atoms with van der Waals surface area (Å²) in [6.45, 7) is 9.87. The van der Waals surface area contributed by atoms with E-state index in [0.717, 1.165) is 24.2 Å². The first-order chi connectivity index (χ1) is 15.3. The Kier molecular flexibility index (Phi) is 6.31. The molecule has 32 heavy (non-hydrogen) atoms. The van der Waals surface area contributed by atoms with E-state index in [4.69, 9.17) is 4.74 Å². The number of benzene rings is 2. The molecule has 168 valence electrons. The second-order valence-corrected chi connectivity index (χ2v) is 9.15. The number of aryl methyl sites for hydroxylation is 2. The van der Waals surface area contributed by atoms with Crippen molar-refractivity contribution < 1.29 is 9.53 Å². The highest BCUT2D eigenvalue weighted by atomic mass is 16.5. The molecular weight excluding hydrogens is 402 g/mol. The number of piperidine rings is 1. The summed E-state index contributed by atoms with van der Waals surface area (Å²) in [5.41, 5.74) is 2.51. The van der Waals surface area contributed by atoms with Crippen LogP contribution in [-0.2, 0) is 6.54 Å². The number of nitrogens with zero attached hydrogens (tertiary/aromatic N) is 3. The minimum atomic E-state index is -0.147. The summed E-state index contributed by atoms with van der Waals surface area (Å²) in [4.78, 5) is 28.1. The lowest BCUT2D eigenvalue weighted by Gasteiger charge is -2.32. The van der Waals surface area contributed by atoms with E-state index in [-0.39, 0.29) is 23.5 Å². The molecule has 6 nitrogen and oxygen atoms in total. The molecule has 0 bridgehead atoms. The molecule has 1 aliphatic heterocycles. The van der Waals surface area contributed by atoms with Crippen molar-refractivity contribution in [3.63, 3.8) is 0 Å². The number of aromatic nitrogens is 2. The zero-order chi connectivity index (χ0) is 22.8. The number of carbonyl (C=O) groups excluding carboxylic acids is 1. The van der Waals surface area contributed by atoms with Gasteiger partial charge in [-0.25, -0.2) is 4.68 Å². The van der Waals surface area contributed by atoms with Crippen molar-refractivity contribution in [3.05, 3.63) is 69.6 Å². The van der Waals surface area contributed by atoms with E-state index in [1.807, 2.05) is 36.9 Å². The lowest BCUT2D eigenvalue weighted by molar-refractivity contribution is 0.0588. The van der Waals surface area contributed by atoms with E-state index in [1.165, 1.54) is 10.2 Å². The Morgan fingerprint density at radius 1 is 1.09 bits per heavy atom. The van der Waals surface area contributed by atoms with Crippen LogP contribution in [0.3, 0.4) is 0 Å². The standard InChI is InChI=1S/C26H31N3O3/c1-17(2)16-29-25(30)22-8-6-5-7-21(22)24(27-29)26(31)28-13-11-20(12-14-28)32-23-15-18(3)9-10-19(23)4/h5-10,15,17,20H,11-14,16H2,1-4H3. The molecule has 0 saturated carbocycles. The van der Waals surface area contributed by atoms with E-state index in [0.29, 0.717) is 36.1 Å². The Bertz CT molecular complexity index is 1190. The SMILES string of the molecule is Cc1ccc(C)c(OC2CCN(C(=O)c3nn(CC(C)C)c(=O)c4ccccc34)CC2)c1. The van der Waals surface area contributed by atoms with Crippen LogP contribution >= 0.6 is 0 Å². The molecule has 1 fully saturated rings. The summed E-state index contributed by atoms with van der Waals surface area (Å²) in [6.07, 6.45) is 1.62. The van der Waals surface area contributed by atoms with Gasteiger partial charge in [-0.05, 0) is 43.0 Å². The minimum absolute atomic E-state index is 0.0825. The molecule has 1 saturated heterocycles. The summed E-state index contributed by atoms with van der Waals surface area (Å²) < 4.78 is 7.69. The number of likely N-dealkylation sites (tertiary alicyclic amines) is 1. The average Bonchev–Trinajstić information content (AvgIpc) is 2.78. The quantitative estimate of drug-likeness (QED) is 0.600. The number of hydrogen-bond acceptors (Lipinski definition) is 4. The van der Waals surface area contributed by atoms with E-state index < -0.39 is 0 Å². The highest BCUT2D eigenvalue weighted by Crippen LogP contribution is 2.25. The van der Waals surface area contributed by atoms with Crippen LogP contribution in [0.1, 0.15) is 48.3 Å². The van der Waals surface area contributed by atoms with Crippen molar-refractivity contribution in [2.75, 3.05) is 13.1 Å². The molecule has 1 aromatic heterocycles. The average molecular weight is 434 g/mol. The number of amides is 1. The molecule has 0 aliphatic carbocycles. The van der Waals surface area contributed by atoms with Crippen molar-refractivity contribution in [2.45, 2.75) is 53.2 Å². The van der Waals surface area contributed by atoms with Gasteiger partial charge in [-0.2, -0.15) is 5.10 Å². The first-order valence-corrected chi connectivity index (χ1v) is 11.4. The van der Waals surface area contributed by atoms with Crippen LogP contribution in [-0.4, -0.2) is 39.8 Å². The van der Waals surface area contributed by atoms with Gasteiger partial charge < -0.3 is 9.64 Å². The van der Waals surface area contributed by atoms with Crippen molar-refractivity contribution >= 4 is 16.7 Å². The molecule has 6 heteroatoms. The van der Waals surface area contributed by atoms with Crippen LogP contribution in [0.25, 0.3) is 10.8 Å². The Labute approximate surface area is 188 Å². The molecule has 0 N–H and O–H groups in total. The summed E-state index contributed by atoms with van der Waals surface area (Å²) in [5, 5.41) is 5.67. The van der Waals surface area contributed by atoms with Crippen LogP contribution < -0.4 is 10.3 Å². The third-order valence-corrected chi connectivity index (χ3v) is 5.97. The third-order valence-electron chi connectivity index (χ3n) is 5.97. The molecule has 4 rings (SSSR count). The summed E-state index contributed by atoms with van der Waals surface area (Å²) >= 11 is 0. The monoisotopic (exact) mass is 433 g/mol. The Hall–Kier alpha value is -3.15. The van der Waals surface area contributed by atoms with Crippen molar-refractivity contribution in [1.82, 2.24) is 14.7 Å². The number of rotatable bonds is 5. The Balaban J connectivity index is 1.53. The zero-order valence-corrected chi connectivity index (χ0v) is 19.3. The van der Waals surface area contributed by atoms with Gasteiger partial charge in [0.15, 0.2) is 5.69 Å². The topological polar surface area (TPSA) is 64.4 Å². The second kappa shape index (κ2) is 9.15. The Morgan fingerprint density at radius 3 is 2.47 bits per heavy atom. The van der Waals surface area contributed by atoms with Gasteiger partial charge in [0, 0.05) is 37.9 Å². The van der Waals surface area contributed by atoms with Crippen molar-refractivity contribution in [2.24, 2.45) is 5.92 Å². The fourth-order valence-electron chi connectivity index (χ4n) is 4.20. The van der Waals surface area contributed by atoms with E-state index >= 15 is 0 Å². The Morgan fingerprint density at radius 2 is 1.78 bits per heavy atom. The van der Waals surface area contributed by atoms with Gasteiger partial charge in [0.1, 0.15) is 11.9 Å². The first-order valence-electron chi connectivity index (χ1n) is 11.4. The van der Waals surface area contributed by atoms with Gasteiger partial charge in [-0.15, -0.1) is 0 Å². The maximum atomic E-state index is 13.4. The number of fused-ring (bicyclic) bond motifs is 1. The molecule has 0 spiro atoms. The molecule has 0 unspecified atom stereocenters. The van der Waals surface area contributed by atoms with Crippen LogP contribution in [0.4, 0.5) is 0 Å². The van der Waals surface area contributed by atoms with Crippen LogP contribution in [0, 0.1) is 19.8 Å². The number of carbonyl (C=O) groups is 1. The molecular formula is C26H31N3O3. The largest absolute Gasteiger partial charge is 0.490 e. The summed E-state index contributed by atoms with van der Waals surface area (Å²) in [7, 11) is 0. The van der Waals surface area contributed by atoms with Crippen LogP contribution in [0.15, 0.2) is 47.3 Å². The first kappa shape index (κ1) is 22.1. The second-order valence-electron chi connectivity index (χ2n) is 9.15. The molecule has 1 amide bonds. The summed E-state index contributed by atoms with van der Waals surface area (Å²) in [5.74, 6) is 1.05. The predicted molar refractivity (Wildman–Crippen MR) is 126 cm³/mol. The van der Waals surface area contributed by atoms with E-state index in [2.05, 4.69) is 37.1 Å². The number of hydrogen-bond donors (Lipinski definition) is 0. The smallest absolute Gasteiger partial charge is 0.274 e. The predicted octanol–water partition coefficient (Wildman–Crippen LogP) is 4.35. The minimum Gasteiger partial charge on any atom is -0.490 e. The normalized spacial score (nSPS) is 14.8. The molecule has 0 radical (unpaired) electrons. The van der Waals surface area contributed by atoms with Crippen LogP contribution in [0.5, 0.6) is 5.75 Å². The fourth-order valence-corrected chi connectivity index (χ4v) is 4.20. The lowest BCUT2D eigenvalue weighted by atomic mass is 10.1. The maximum absolute atomic E-state index is 13.4. The van der Waals surface area contributed by atoms with Crippen LogP contribution in [0.2, 0.25) is 0 Å². The van der Waals surface area contributed by atoms with Gasteiger partial charge in [0.2, 0.25) is 0 Å². The maximum Gasteiger partial charge on any atom is 0.274 e. The molecule has 2 heterocycles. The van der Waals surface area contributed by atoms with Gasteiger partial charge in [0.25, 0.3) is 11.5 Å². The number of ether oxygens (including phenoxy) is 1. The fraction of sp³-hybridized carbons (Fsp3) is 0.423. The van der Waals surface area contributed by atoms with Crippen molar-refractivity contribution in [1.29, 1.82) is 0 Å².